The molecule has 0 spiro atoms. The summed E-state index contributed by atoms with van der Waals surface area (Å²) in [6, 6.07) is 12.8. The Morgan fingerprint density at radius 1 is 0.978 bits per heavy atom. The molecular formula is C35H36Cl2N4O4. The molecule has 2 heterocycles. The molecule has 0 aliphatic carbocycles. The molecule has 0 unspecified atom stereocenters. The van der Waals surface area contributed by atoms with Crippen LogP contribution in [0.5, 0.6) is 5.75 Å². The first-order valence-electron chi connectivity index (χ1n) is 14.6. The van der Waals surface area contributed by atoms with E-state index in [2.05, 4.69) is 15.4 Å². The lowest BCUT2D eigenvalue weighted by Crippen LogP contribution is -2.15. The van der Waals surface area contributed by atoms with Gasteiger partial charge in [-0.15, -0.1) is 0 Å². The summed E-state index contributed by atoms with van der Waals surface area (Å²) < 4.78 is 12.8. The van der Waals surface area contributed by atoms with E-state index in [-0.39, 0.29) is 5.91 Å². The van der Waals surface area contributed by atoms with Gasteiger partial charge in [0.1, 0.15) is 11.4 Å². The number of fused-ring (bicyclic) bond motifs is 1. The highest BCUT2D eigenvalue weighted by Gasteiger charge is 2.24. The number of hydrogen-bond donors (Lipinski definition) is 2. The van der Waals surface area contributed by atoms with Crippen molar-refractivity contribution in [3.05, 3.63) is 97.4 Å². The van der Waals surface area contributed by atoms with Gasteiger partial charge in [0.25, 0.3) is 5.91 Å². The van der Waals surface area contributed by atoms with E-state index in [9.17, 15) is 9.59 Å². The van der Waals surface area contributed by atoms with Gasteiger partial charge >= 0.3 is 5.97 Å². The van der Waals surface area contributed by atoms with Gasteiger partial charge in [-0.05, 0) is 106 Å². The second-order valence-corrected chi connectivity index (χ2v) is 12.1. The zero-order valence-electron chi connectivity index (χ0n) is 26.4. The number of benzene rings is 3. The van der Waals surface area contributed by atoms with Crippen molar-refractivity contribution in [2.45, 2.75) is 47.5 Å². The van der Waals surface area contributed by atoms with Crippen molar-refractivity contribution in [2.75, 3.05) is 19.0 Å². The molecule has 0 bridgehead atoms. The van der Waals surface area contributed by atoms with Crippen molar-refractivity contribution < 1.29 is 19.1 Å². The van der Waals surface area contributed by atoms with Crippen molar-refractivity contribution in [1.82, 2.24) is 14.8 Å². The van der Waals surface area contributed by atoms with E-state index in [1.54, 1.807) is 18.2 Å². The van der Waals surface area contributed by atoms with Gasteiger partial charge in [-0.3, -0.25) is 9.48 Å². The van der Waals surface area contributed by atoms with E-state index in [0.29, 0.717) is 41.4 Å². The molecule has 2 N–H and O–H groups in total. The molecule has 0 atom stereocenters. The third kappa shape index (κ3) is 6.44. The molecule has 0 saturated heterocycles. The fourth-order valence-corrected chi connectivity index (χ4v) is 6.20. The van der Waals surface area contributed by atoms with Gasteiger partial charge < -0.3 is 19.8 Å². The van der Waals surface area contributed by atoms with Gasteiger partial charge in [-0.2, -0.15) is 5.10 Å². The minimum absolute atomic E-state index is 0.339. The zero-order valence-corrected chi connectivity index (χ0v) is 28.0. The first-order valence-corrected chi connectivity index (χ1v) is 15.4. The van der Waals surface area contributed by atoms with Crippen molar-refractivity contribution in [2.24, 2.45) is 7.05 Å². The van der Waals surface area contributed by atoms with E-state index < -0.39 is 5.97 Å². The number of carbonyl (C=O) groups excluding carboxylic acids is 2. The van der Waals surface area contributed by atoms with Crippen molar-refractivity contribution in [1.29, 1.82) is 0 Å². The minimum Gasteiger partial charge on any atom is -0.494 e. The van der Waals surface area contributed by atoms with Crippen molar-refractivity contribution >= 4 is 51.7 Å². The van der Waals surface area contributed by atoms with Gasteiger partial charge in [-0.25, -0.2) is 4.79 Å². The Morgan fingerprint density at radius 3 is 2.33 bits per heavy atom. The third-order valence-corrected chi connectivity index (χ3v) is 8.93. The molecule has 1 amide bonds. The van der Waals surface area contributed by atoms with Crippen molar-refractivity contribution in [3.63, 3.8) is 0 Å². The van der Waals surface area contributed by atoms with E-state index >= 15 is 0 Å². The summed E-state index contributed by atoms with van der Waals surface area (Å²) in [5, 5.41) is 9.76. The fourth-order valence-electron chi connectivity index (χ4n) is 5.84. The Kier molecular flexibility index (Phi) is 9.28. The molecule has 8 nitrogen and oxygen atoms in total. The Hall–Kier alpha value is -4.27. The Morgan fingerprint density at radius 2 is 1.69 bits per heavy atom. The molecule has 45 heavy (non-hydrogen) atoms. The molecule has 0 aliphatic rings. The van der Waals surface area contributed by atoms with Crippen molar-refractivity contribution in [3.8, 4) is 16.9 Å². The molecule has 2 aromatic heterocycles. The van der Waals surface area contributed by atoms with Gasteiger partial charge in [0.2, 0.25) is 0 Å². The Balaban J connectivity index is 1.54. The number of aromatic nitrogens is 3. The summed E-state index contributed by atoms with van der Waals surface area (Å²) in [4.78, 5) is 29.6. The van der Waals surface area contributed by atoms with Gasteiger partial charge in [-0.1, -0.05) is 29.3 Å². The highest BCUT2D eigenvalue weighted by atomic mass is 35.5. The number of anilines is 1. The summed E-state index contributed by atoms with van der Waals surface area (Å²) in [6.07, 6.45) is 1.20. The van der Waals surface area contributed by atoms with E-state index in [0.717, 1.165) is 66.4 Å². The molecule has 10 heteroatoms. The fraction of sp³-hybridized carbons (Fsp3) is 0.286. The average molecular weight is 648 g/mol. The summed E-state index contributed by atoms with van der Waals surface area (Å²) in [7, 11) is 3.22. The van der Waals surface area contributed by atoms with Gasteiger partial charge in [0, 0.05) is 40.0 Å². The number of nitrogens with one attached hydrogen (secondary N) is 2. The third-order valence-electron chi connectivity index (χ3n) is 8.02. The predicted molar refractivity (Wildman–Crippen MR) is 180 cm³/mol. The van der Waals surface area contributed by atoms with Crippen LogP contribution in [0, 0.1) is 34.6 Å². The number of hydrogen-bond acceptors (Lipinski definition) is 5. The number of rotatable bonds is 9. The highest BCUT2D eigenvalue weighted by Crippen LogP contribution is 2.40. The quantitative estimate of drug-likeness (QED) is 0.124. The lowest BCUT2D eigenvalue weighted by molar-refractivity contribution is 0.0600. The first-order chi connectivity index (χ1) is 21.4. The number of amides is 1. The van der Waals surface area contributed by atoms with Crippen LogP contribution in [-0.2, 0) is 18.2 Å². The lowest BCUT2D eigenvalue weighted by atomic mass is 9.98. The largest absolute Gasteiger partial charge is 0.494 e. The van der Waals surface area contributed by atoms with E-state index in [1.165, 1.54) is 7.11 Å². The number of aryl methyl sites for hydroxylation is 6. The lowest BCUT2D eigenvalue weighted by Gasteiger charge is -2.11. The number of esters is 1. The number of methoxy groups -OCH3 is 1. The normalized spacial score (nSPS) is 11.2. The number of aromatic amines is 1. The van der Waals surface area contributed by atoms with Crippen LogP contribution in [0.15, 0.2) is 42.5 Å². The second-order valence-electron chi connectivity index (χ2n) is 11.3. The monoisotopic (exact) mass is 646 g/mol. The summed E-state index contributed by atoms with van der Waals surface area (Å²) in [5.74, 6) is -0.0639. The smallest absolute Gasteiger partial charge is 0.337 e. The maximum Gasteiger partial charge on any atom is 0.337 e. The number of H-pyrrole nitrogens is 1. The summed E-state index contributed by atoms with van der Waals surface area (Å²) in [5.41, 5.74) is 9.08. The van der Waals surface area contributed by atoms with Crippen LogP contribution in [0.4, 0.5) is 5.69 Å². The molecular weight excluding hydrogens is 611 g/mol. The first kappa shape index (κ1) is 32.1. The molecule has 0 saturated carbocycles. The Bertz CT molecular complexity index is 1930. The number of ether oxygens (including phenoxy) is 2. The standard InChI is InChI=1S/C35H36Cl2N4O4/c1-18-13-23(35(43)44-7)17-24(14-18)38-34(42)33-26(9-8-12-45-25-15-19(2)31(37)20(3)16-25)27-10-11-28(36)30(32(27)39-33)29-21(4)40-41(6)22(29)5/h10-11,13-17,39H,8-9,12H2,1-7H3,(H,38,42). The SMILES string of the molecule is COC(=O)c1cc(C)cc(NC(=O)c2[nH]c3c(-c4c(C)nn(C)c4C)c(Cl)ccc3c2CCCOc2cc(C)c(Cl)c(C)c2)c1. The second kappa shape index (κ2) is 13.0. The van der Waals surface area contributed by atoms with Crippen LogP contribution >= 0.6 is 23.2 Å². The van der Waals surface area contributed by atoms with E-state index in [1.807, 2.05) is 70.6 Å². The van der Waals surface area contributed by atoms with Crippen LogP contribution in [0.1, 0.15) is 60.9 Å². The minimum atomic E-state index is -0.479. The summed E-state index contributed by atoms with van der Waals surface area (Å²) >= 11 is 13.2. The van der Waals surface area contributed by atoms with E-state index in [4.69, 9.17) is 32.7 Å². The topological polar surface area (TPSA) is 98.2 Å². The van der Waals surface area contributed by atoms with Crippen LogP contribution in [0.25, 0.3) is 22.0 Å². The maximum absolute atomic E-state index is 13.9. The average Bonchev–Trinajstić information content (AvgIpc) is 3.48. The van der Waals surface area contributed by atoms with Crippen LogP contribution < -0.4 is 10.1 Å². The summed E-state index contributed by atoms with van der Waals surface area (Å²) in [6.45, 7) is 10.1. The molecule has 0 radical (unpaired) electrons. The Labute approximate surface area is 272 Å². The van der Waals surface area contributed by atoms with Crippen LogP contribution in [0.2, 0.25) is 10.0 Å². The molecule has 234 valence electrons. The zero-order chi connectivity index (χ0) is 32.6. The van der Waals surface area contributed by atoms with Crippen LogP contribution in [0.3, 0.4) is 0 Å². The van der Waals surface area contributed by atoms with Gasteiger partial charge in [0.05, 0.1) is 35.5 Å². The molecule has 0 fully saturated rings. The number of halogens is 2. The molecule has 5 aromatic rings. The van der Waals surface area contributed by atoms with Crippen LogP contribution in [-0.4, -0.2) is 40.4 Å². The molecule has 3 aromatic carbocycles. The van der Waals surface area contributed by atoms with Gasteiger partial charge in [0.15, 0.2) is 0 Å². The molecule has 0 aliphatic heterocycles. The molecule has 5 rings (SSSR count). The maximum atomic E-state index is 13.9. The highest BCUT2D eigenvalue weighted by molar-refractivity contribution is 6.35. The number of nitrogens with zero attached hydrogens (tertiary/aromatic N) is 2. The predicted octanol–water partition coefficient (Wildman–Crippen LogP) is 8.47. The number of carbonyl (C=O) groups is 2.